The summed E-state index contributed by atoms with van der Waals surface area (Å²) in [7, 11) is 0. The first-order valence-corrected chi connectivity index (χ1v) is 12.0. The number of benzene rings is 3. The molecule has 0 atom stereocenters. The fraction of sp³-hybridized carbons (Fsp3) is 0.0667. The smallest absolute Gasteiger partial charge is 0.270 e. The van der Waals surface area contributed by atoms with Crippen LogP contribution in [0.15, 0.2) is 94.9 Å². The molecular formula is C30H21N3O3S. The number of furan rings is 1. The fourth-order valence-electron chi connectivity index (χ4n) is 4.06. The Morgan fingerprint density at radius 2 is 1.49 bits per heavy atom. The summed E-state index contributed by atoms with van der Waals surface area (Å²) in [6.45, 7) is 3.95. The van der Waals surface area contributed by atoms with Crippen molar-refractivity contribution in [2.24, 2.45) is 0 Å². The summed E-state index contributed by atoms with van der Waals surface area (Å²) in [5, 5.41) is 9.11. The average molecular weight is 504 g/mol. The summed E-state index contributed by atoms with van der Waals surface area (Å²) in [4.78, 5) is 30.1. The van der Waals surface area contributed by atoms with E-state index >= 15 is 0 Å². The minimum Gasteiger partial charge on any atom is -0.457 e. The van der Waals surface area contributed by atoms with Crippen LogP contribution in [0.1, 0.15) is 22.5 Å². The van der Waals surface area contributed by atoms with Crippen molar-refractivity contribution in [3.8, 4) is 17.4 Å². The minimum absolute atomic E-state index is 0.0728. The van der Waals surface area contributed by atoms with Crippen LogP contribution in [0.5, 0.6) is 0 Å². The number of nitrogens with zero attached hydrogens (tertiary/aromatic N) is 3. The minimum atomic E-state index is -0.530. The van der Waals surface area contributed by atoms with Crippen LogP contribution in [0, 0.1) is 25.2 Å². The summed E-state index contributed by atoms with van der Waals surface area (Å²) in [6.07, 6.45) is 1.45. The number of carbonyl (C=O) groups excluding carboxylic acids is 2. The highest BCUT2D eigenvalue weighted by Crippen LogP contribution is 2.31. The number of para-hydroxylation sites is 1. The fourth-order valence-corrected chi connectivity index (χ4v) is 4.44. The maximum absolute atomic E-state index is 13.7. The molecular weight excluding hydrogens is 482 g/mol. The van der Waals surface area contributed by atoms with Gasteiger partial charge >= 0.3 is 0 Å². The molecule has 6 nitrogen and oxygen atoms in total. The maximum Gasteiger partial charge on any atom is 0.270 e. The summed E-state index contributed by atoms with van der Waals surface area (Å²) < 4.78 is 5.95. The van der Waals surface area contributed by atoms with Crippen LogP contribution in [0.2, 0.25) is 0 Å². The number of anilines is 2. The molecule has 0 aliphatic carbocycles. The molecule has 0 spiro atoms. The Morgan fingerprint density at radius 1 is 0.811 bits per heavy atom. The van der Waals surface area contributed by atoms with Gasteiger partial charge in [-0.05, 0) is 104 Å². The molecule has 1 saturated heterocycles. The lowest BCUT2D eigenvalue weighted by Crippen LogP contribution is -2.57. The van der Waals surface area contributed by atoms with Gasteiger partial charge in [0.25, 0.3) is 11.8 Å². The van der Waals surface area contributed by atoms with Gasteiger partial charge in [-0.2, -0.15) is 5.26 Å². The van der Waals surface area contributed by atoms with Crippen LogP contribution in [0.25, 0.3) is 17.4 Å². The number of hydrogen-bond acceptors (Lipinski definition) is 5. The van der Waals surface area contributed by atoms with Crippen molar-refractivity contribution < 1.29 is 14.0 Å². The summed E-state index contributed by atoms with van der Waals surface area (Å²) in [5.41, 5.74) is 4.46. The van der Waals surface area contributed by atoms with E-state index in [1.807, 2.05) is 50.2 Å². The van der Waals surface area contributed by atoms with Crippen molar-refractivity contribution in [3.05, 3.63) is 113 Å². The van der Waals surface area contributed by atoms with Crippen molar-refractivity contribution in [3.63, 3.8) is 0 Å². The number of nitriles is 1. The second-order valence-electron chi connectivity index (χ2n) is 8.62. The number of aryl methyl sites for hydroxylation is 2. The van der Waals surface area contributed by atoms with E-state index < -0.39 is 11.8 Å². The number of thiocarbonyl (C=S) groups is 1. The maximum atomic E-state index is 13.7. The van der Waals surface area contributed by atoms with Gasteiger partial charge in [-0.25, -0.2) is 0 Å². The van der Waals surface area contributed by atoms with Gasteiger partial charge in [-0.15, -0.1) is 0 Å². The molecule has 1 aromatic heterocycles. The van der Waals surface area contributed by atoms with Crippen LogP contribution >= 0.6 is 12.2 Å². The van der Waals surface area contributed by atoms with E-state index in [2.05, 4.69) is 6.07 Å². The lowest BCUT2D eigenvalue weighted by Gasteiger charge is -2.36. The lowest BCUT2D eigenvalue weighted by atomic mass is 10.1. The van der Waals surface area contributed by atoms with Gasteiger partial charge in [0, 0.05) is 5.56 Å². The zero-order chi connectivity index (χ0) is 26.1. The third-order valence-corrected chi connectivity index (χ3v) is 6.59. The Balaban J connectivity index is 1.59. The SMILES string of the molecule is Cc1ccc(N2C(=O)/C(=C\c3ccc(-c4ccc(C#N)cc4)o3)C(=O)N(c3ccccc3)C2=S)cc1C. The van der Waals surface area contributed by atoms with Crippen LogP contribution in [-0.2, 0) is 9.59 Å². The van der Waals surface area contributed by atoms with E-state index in [1.165, 1.54) is 15.9 Å². The second kappa shape index (κ2) is 9.69. The van der Waals surface area contributed by atoms with E-state index in [-0.39, 0.29) is 10.7 Å². The lowest BCUT2D eigenvalue weighted by molar-refractivity contribution is -0.120. The van der Waals surface area contributed by atoms with Crippen molar-refractivity contribution in [2.75, 3.05) is 9.80 Å². The molecule has 0 radical (unpaired) electrons. The molecule has 0 bridgehead atoms. The molecule has 0 saturated carbocycles. The van der Waals surface area contributed by atoms with Gasteiger partial charge in [0.2, 0.25) is 0 Å². The Bertz CT molecular complexity index is 1610. The molecule has 4 aromatic rings. The van der Waals surface area contributed by atoms with Crippen molar-refractivity contribution in [2.45, 2.75) is 13.8 Å². The highest BCUT2D eigenvalue weighted by atomic mass is 32.1. The van der Waals surface area contributed by atoms with Gasteiger partial charge < -0.3 is 4.42 Å². The third-order valence-electron chi connectivity index (χ3n) is 6.22. The molecule has 0 unspecified atom stereocenters. The molecule has 1 aliphatic rings. The first-order valence-electron chi connectivity index (χ1n) is 11.5. The molecule has 5 rings (SSSR count). The number of rotatable bonds is 4. The molecule has 1 fully saturated rings. The Kier molecular flexibility index (Phi) is 6.26. The Hall–Kier alpha value is -4.80. The molecule has 0 N–H and O–H groups in total. The largest absolute Gasteiger partial charge is 0.457 e. The van der Waals surface area contributed by atoms with E-state index in [0.717, 1.165) is 16.7 Å². The summed E-state index contributed by atoms with van der Waals surface area (Å²) >= 11 is 5.69. The molecule has 180 valence electrons. The molecule has 7 heteroatoms. The van der Waals surface area contributed by atoms with Crippen LogP contribution in [-0.4, -0.2) is 16.9 Å². The Labute approximate surface area is 219 Å². The number of hydrogen-bond donors (Lipinski definition) is 0. The molecule has 1 aliphatic heterocycles. The summed E-state index contributed by atoms with van der Waals surface area (Å²) in [5.74, 6) is -0.162. The second-order valence-corrected chi connectivity index (χ2v) is 8.98. The zero-order valence-electron chi connectivity index (χ0n) is 20.1. The van der Waals surface area contributed by atoms with Gasteiger partial charge in [0.15, 0.2) is 5.11 Å². The predicted octanol–water partition coefficient (Wildman–Crippen LogP) is 6.18. The van der Waals surface area contributed by atoms with E-state index in [4.69, 9.17) is 21.9 Å². The zero-order valence-corrected chi connectivity index (χ0v) is 21.0. The van der Waals surface area contributed by atoms with E-state index in [1.54, 1.807) is 48.5 Å². The van der Waals surface area contributed by atoms with Crippen molar-refractivity contribution >= 4 is 46.6 Å². The first kappa shape index (κ1) is 23.9. The standard InChI is InChI=1S/C30H21N3O3S/c1-19-8-13-24(16-20(19)2)33-29(35)26(28(34)32(30(33)37)23-6-4-3-5-7-23)17-25-14-15-27(36-25)22-11-9-21(18-31)10-12-22/h3-17H,1-2H3/b26-17-. The number of carbonyl (C=O) groups is 2. The van der Waals surface area contributed by atoms with Crippen molar-refractivity contribution in [1.29, 1.82) is 5.26 Å². The van der Waals surface area contributed by atoms with Gasteiger partial charge in [0.1, 0.15) is 17.1 Å². The molecule has 3 aromatic carbocycles. The van der Waals surface area contributed by atoms with Gasteiger partial charge in [0.05, 0.1) is 23.0 Å². The highest BCUT2D eigenvalue weighted by molar-refractivity contribution is 7.81. The van der Waals surface area contributed by atoms with Crippen LogP contribution < -0.4 is 9.80 Å². The van der Waals surface area contributed by atoms with E-state index in [0.29, 0.717) is 28.5 Å². The van der Waals surface area contributed by atoms with Gasteiger partial charge in [-0.3, -0.25) is 19.4 Å². The molecule has 2 heterocycles. The van der Waals surface area contributed by atoms with E-state index in [9.17, 15) is 9.59 Å². The molecule has 37 heavy (non-hydrogen) atoms. The topological polar surface area (TPSA) is 77.5 Å². The van der Waals surface area contributed by atoms with Crippen molar-refractivity contribution in [1.82, 2.24) is 0 Å². The van der Waals surface area contributed by atoms with Gasteiger partial charge in [-0.1, -0.05) is 24.3 Å². The Morgan fingerprint density at radius 3 is 2.14 bits per heavy atom. The average Bonchev–Trinajstić information content (AvgIpc) is 3.38. The number of amides is 2. The molecule has 2 amide bonds. The monoisotopic (exact) mass is 503 g/mol. The normalized spacial score (nSPS) is 14.8. The first-order chi connectivity index (χ1) is 17.9. The van der Waals surface area contributed by atoms with Crippen LogP contribution in [0.3, 0.4) is 0 Å². The highest BCUT2D eigenvalue weighted by Gasteiger charge is 2.41. The predicted molar refractivity (Wildman–Crippen MR) is 147 cm³/mol. The van der Waals surface area contributed by atoms with Crippen LogP contribution in [0.4, 0.5) is 11.4 Å². The summed E-state index contributed by atoms with van der Waals surface area (Å²) in [6, 6.07) is 27.1. The quantitative estimate of drug-likeness (QED) is 0.189. The third kappa shape index (κ3) is 4.46.